The van der Waals surface area contributed by atoms with Crippen molar-refractivity contribution in [3.05, 3.63) is 0 Å². The molecule has 0 aromatic rings. The second kappa shape index (κ2) is 7.61. The minimum atomic E-state index is -0.828. The predicted octanol–water partition coefficient (Wildman–Crippen LogP) is 0.213. The average molecular weight is 299 g/mol. The minimum absolute atomic E-state index is 0.0518. The smallest absolute Gasteiger partial charge is 0.317 e. The number of hydrogen-bond donors (Lipinski definition) is 2. The number of carboxylic acid groups (broad SMARTS) is 1. The fraction of sp³-hybridized carbons (Fsp3) is 0.857. The molecule has 2 unspecified atom stereocenters. The van der Waals surface area contributed by atoms with Gasteiger partial charge in [0.25, 0.3) is 0 Å². The third-order valence-corrected chi connectivity index (χ3v) is 4.14. The number of rotatable bonds is 5. The largest absolute Gasteiger partial charge is 0.481 e. The van der Waals surface area contributed by atoms with E-state index in [1.807, 2.05) is 11.8 Å². The molecule has 0 saturated carbocycles. The number of urea groups is 1. The Morgan fingerprint density at radius 2 is 2.05 bits per heavy atom. The number of nitrogens with zero attached hydrogens (tertiary/aromatic N) is 2. The van der Waals surface area contributed by atoms with Crippen molar-refractivity contribution in [2.24, 2.45) is 5.92 Å². The Labute approximate surface area is 125 Å². The molecule has 0 aliphatic carbocycles. The number of amides is 2. The lowest BCUT2D eigenvalue weighted by Crippen LogP contribution is -2.46. The first kappa shape index (κ1) is 16.0. The number of carbonyl (C=O) groups is 2. The molecule has 2 fully saturated rings. The van der Waals surface area contributed by atoms with E-state index in [1.54, 1.807) is 0 Å². The van der Waals surface area contributed by atoms with Crippen LogP contribution in [0.25, 0.3) is 0 Å². The van der Waals surface area contributed by atoms with E-state index in [0.717, 1.165) is 45.8 Å². The molecule has 7 nitrogen and oxygen atoms in total. The summed E-state index contributed by atoms with van der Waals surface area (Å²) in [5.41, 5.74) is 0. The first-order valence-electron chi connectivity index (χ1n) is 7.62. The van der Waals surface area contributed by atoms with E-state index in [4.69, 9.17) is 9.84 Å². The molecular weight excluding hydrogens is 274 g/mol. The Balaban J connectivity index is 1.70. The van der Waals surface area contributed by atoms with Crippen LogP contribution in [0.15, 0.2) is 0 Å². The number of likely N-dealkylation sites (tertiary alicyclic amines) is 1. The van der Waals surface area contributed by atoms with E-state index in [1.165, 1.54) is 0 Å². The van der Waals surface area contributed by atoms with E-state index in [2.05, 4.69) is 10.2 Å². The zero-order chi connectivity index (χ0) is 15.2. The standard InChI is InChI=1S/C14H25N3O4/c1-11(8-13(18)19)9-15-14(20)17-3-2-12(10-17)16-4-6-21-7-5-16/h11-12H,2-10H2,1H3,(H,15,20)(H,18,19). The summed E-state index contributed by atoms with van der Waals surface area (Å²) in [6, 6.07) is 0.346. The molecule has 2 N–H and O–H groups in total. The number of carbonyl (C=O) groups excluding carboxylic acids is 1. The number of carboxylic acids is 1. The Morgan fingerprint density at radius 1 is 1.33 bits per heavy atom. The van der Waals surface area contributed by atoms with Gasteiger partial charge in [0, 0.05) is 45.2 Å². The molecule has 21 heavy (non-hydrogen) atoms. The Morgan fingerprint density at radius 3 is 2.71 bits per heavy atom. The summed E-state index contributed by atoms with van der Waals surface area (Å²) in [6.07, 6.45) is 1.08. The van der Waals surface area contributed by atoms with E-state index < -0.39 is 5.97 Å². The lowest BCUT2D eigenvalue weighted by Gasteiger charge is -2.32. The summed E-state index contributed by atoms with van der Waals surface area (Å²) in [5, 5.41) is 11.5. The van der Waals surface area contributed by atoms with Gasteiger partial charge in [-0.15, -0.1) is 0 Å². The predicted molar refractivity (Wildman–Crippen MR) is 77.2 cm³/mol. The maximum absolute atomic E-state index is 12.1. The second-order valence-corrected chi connectivity index (χ2v) is 5.93. The van der Waals surface area contributed by atoms with Crippen LogP contribution in [0.2, 0.25) is 0 Å². The molecule has 0 aromatic heterocycles. The van der Waals surface area contributed by atoms with Crippen molar-refractivity contribution in [3.8, 4) is 0 Å². The van der Waals surface area contributed by atoms with Gasteiger partial charge in [0.05, 0.1) is 13.2 Å². The highest BCUT2D eigenvalue weighted by Crippen LogP contribution is 2.17. The molecule has 2 amide bonds. The van der Waals surface area contributed by atoms with Crippen LogP contribution in [0.4, 0.5) is 4.79 Å². The monoisotopic (exact) mass is 299 g/mol. The normalized spacial score (nSPS) is 24.8. The topological polar surface area (TPSA) is 82.1 Å². The van der Waals surface area contributed by atoms with E-state index in [-0.39, 0.29) is 18.4 Å². The van der Waals surface area contributed by atoms with Crippen molar-refractivity contribution in [1.29, 1.82) is 0 Å². The second-order valence-electron chi connectivity index (χ2n) is 5.93. The van der Waals surface area contributed by atoms with Crippen LogP contribution in [-0.2, 0) is 9.53 Å². The van der Waals surface area contributed by atoms with Gasteiger partial charge in [-0.05, 0) is 12.3 Å². The van der Waals surface area contributed by atoms with Gasteiger partial charge in [0.1, 0.15) is 0 Å². The SMILES string of the molecule is CC(CNC(=O)N1CCC(N2CCOCC2)C1)CC(=O)O. The summed E-state index contributed by atoms with van der Waals surface area (Å²) in [6.45, 7) is 7.18. The minimum Gasteiger partial charge on any atom is -0.481 e. The lowest BCUT2D eigenvalue weighted by molar-refractivity contribution is -0.137. The van der Waals surface area contributed by atoms with Gasteiger partial charge in [-0.2, -0.15) is 0 Å². The van der Waals surface area contributed by atoms with Crippen LogP contribution in [0.1, 0.15) is 19.8 Å². The molecule has 0 spiro atoms. The van der Waals surface area contributed by atoms with Crippen molar-refractivity contribution in [2.75, 3.05) is 45.9 Å². The van der Waals surface area contributed by atoms with Gasteiger partial charge >= 0.3 is 12.0 Å². The number of nitrogens with one attached hydrogen (secondary N) is 1. The molecular formula is C14H25N3O4. The lowest BCUT2D eigenvalue weighted by atomic mass is 10.1. The van der Waals surface area contributed by atoms with E-state index in [0.29, 0.717) is 12.6 Å². The van der Waals surface area contributed by atoms with Crippen LogP contribution in [0, 0.1) is 5.92 Å². The Bertz CT molecular complexity index is 371. The molecule has 0 radical (unpaired) electrons. The highest BCUT2D eigenvalue weighted by atomic mass is 16.5. The third kappa shape index (κ3) is 4.86. The highest BCUT2D eigenvalue weighted by molar-refractivity contribution is 5.74. The molecule has 2 rings (SSSR count). The van der Waals surface area contributed by atoms with Crippen molar-refractivity contribution in [2.45, 2.75) is 25.8 Å². The molecule has 0 bridgehead atoms. The summed E-state index contributed by atoms with van der Waals surface area (Å²) >= 11 is 0. The third-order valence-electron chi connectivity index (χ3n) is 4.14. The molecule has 0 aromatic carbocycles. The summed E-state index contributed by atoms with van der Waals surface area (Å²) in [5.74, 6) is -0.880. The highest BCUT2D eigenvalue weighted by Gasteiger charge is 2.31. The van der Waals surface area contributed by atoms with Gasteiger partial charge in [-0.25, -0.2) is 4.79 Å². The van der Waals surface area contributed by atoms with Gasteiger partial charge in [-0.3, -0.25) is 9.69 Å². The number of ether oxygens (including phenoxy) is 1. The van der Waals surface area contributed by atoms with Gasteiger partial charge in [0.15, 0.2) is 0 Å². The van der Waals surface area contributed by atoms with Gasteiger partial charge in [0.2, 0.25) is 0 Å². The first-order valence-corrected chi connectivity index (χ1v) is 7.62. The molecule has 2 saturated heterocycles. The molecule has 120 valence electrons. The fourth-order valence-corrected chi connectivity index (χ4v) is 2.91. The van der Waals surface area contributed by atoms with Crippen LogP contribution >= 0.6 is 0 Å². The maximum Gasteiger partial charge on any atom is 0.317 e. The average Bonchev–Trinajstić information content (AvgIpc) is 2.95. The molecule has 2 atom stereocenters. The number of morpholine rings is 1. The number of aliphatic carboxylic acids is 1. The fourth-order valence-electron chi connectivity index (χ4n) is 2.91. The zero-order valence-electron chi connectivity index (χ0n) is 12.6. The molecule has 2 heterocycles. The van der Waals surface area contributed by atoms with E-state index >= 15 is 0 Å². The van der Waals surface area contributed by atoms with Crippen LogP contribution in [0.3, 0.4) is 0 Å². The zero-order valence-corrected chi connectivity index (χ0v) is 12.6. The van der Waals surface area contributed by atoms with Crippen molar-refractivity contribution < 1.29 is 19.4 Å². The first-order chi connectivity index (χ1) is 10.1. The van der Waals surface area contributed by atoms with Crippen LogP contribution in [-0.4, -0.2) is 78.9 Å². The van der Waals surface area contributed by atoms with Gasteiger partial charge in [-0.1, -0.05) is 6.92 Å². The Kier molecular flexibility index (Phi) is 5.81. The van der Waals surface area contributed by atoms with Crippen LogP contribution < -0.4 is 5.32 Å². The summed E-state index contributed by atoms with van der Waals surface area (Å²) in [4.78, 5) is 26.9. The molecule has 7 heteroatoms. The molecule has 2 aliphatic rings. The van der Waals surface area contributed by atoms with Crippen LogP contribution in [0.5, 0.6) is 0 Å². The van der Waals surface area contributed by atoms with Crippen molar-refractivity contribution >= 4 is 12.0 Å². The Hall–Kier alpha value is -1.34. The van der Waals surface area contributed by atoms with Gasteiger partial charge < -0.3 is 20.1 Å². The summed E-state index contributed by atoms with van der Waals surface area (Å²) < 4.78 is 5.35. The maximum atomic E-state index is 12.1. The molecule has 2 aliphatic heterocycles. The summed E-state index contributed by atoms with van der Waals surface area (Å²) in [7, 11) is 0. The number of hydrogen-bond acceptors (Lipinski definition) is 4. The van der Waals surface area contributed by atoms with E-state index in [9.17, 15) is 9.59 Å². The van der Waals surface area contributed by atoms with Crippen molar-refractivity contribution in [1.82, 2.24) is 15.1 Å². The quantitative estimate of drug-likeness (QED) is 0.758. The van der Waals surface area contributed by atoms with Crippen molar-refractivity contribution in [3.63, 3.8) is 0 Å².